The van der Waals surface area contributed by atoms with Gasteiger partial charge in [0.05, 0.1) is 13.7 Å². The SMILES string of the molecule is COC(=O)[C@H]1Cc2ccccc2CN1CC(=O)Nc1ccc(F)c(F)c1. The van der Waals surface area contributed by atoms with E-state index in [4.69, 9.17) is 4.74 Å². The Hall–Kier alpha value is -2.80. The van der Waals surface area contributed by atoms with Gasteiger partial charge in [0, 0.05) is 18.3 Å². The Bertz CT molecular complexity index is 841. The zero-order valence-electron chi connectivity index (χ0n) is 14.2. The van der Waals surface area contributed by atoms with Crippen LogP contribution in [0.2, 0.25) is 0 Å². The first-order valence-corrected chi connectivity index (χ1v) is 8.11. The Labute approximate surface area is 149 Å². The third kappa shape index (κ3) is 3.88. The standard InChI is InChI=1S/C19H18F2N2O3/c1-26-19(25)17-8-12-4-2-3-5-13(12)10-23(17)11-18(24)22-14-6-7-15(20)16(21)9-14/h2-7,9,17H,8,10-11H2,1H3,(H,22,24)/t17-/m1/s1. The number of nitrogens with zero attached hydrogens (tertiary/aromatic N) is 1. The summed E-state index contributed by atoms with van der Waals surface area (Å²) in [5.41, 5.74) is 2.23. The van der Waals surface area contributed by atoms with Gasteiger partial charge in [-0.15, -0.1) is 0 Å². The van der Waals surface area contributed by atoms with Crippen molar-refractivity contribution in [3.8, 4) is 0 Å². The molecule has 26 heavy (non-hydrogen) atoms. The Morgan fingerprint density at radius 2 is 1.88 bits per heavy atom. The number of hydrogen-bond acceptors (Lipinski definition) is 4. The maximum absolute atomic E-state index is 13.3. The van der Waals surface area contributed by atoms with Gasteiger partial charge in [-0.05, 0) is 29.7 Å². The minimum absolute atomic E-state index is 0.0763. The van der Waals surface area contributed by atoms with E-state index < -0.39 is 29.6 Å². The van der Waals surface area contributed by atoms with E-state index in [2.05, 4.69) is 5.32 Å². The van der Waals surface area contributed by atoms with Crippen molar-refractivity contribution < 1.29 is 23.1 Å². The molecule has 1 atom stereocenters. The third-order valence-electron chi connectivity index (χ3n) is 4.37. The van der Waals surface area contributed by atoms with Crippen LogP contribution in [0.3, 0.4) is 0 Å². The van der Waals surface area contributed by atoms with Crippen molar-refractivity contribution >= 4 is 17.6 Å². The van der Waals surface area contributed by atoms with Crippen LogP contribution in [0.5, 0.6) is 0 Å². The van der Waals surface area contributed by atoms with E-state index in [0.717, 1.165) is 23.3 Å². The molecular weight excluding hydrogens is 342 g/mol. The van der Waals surface area contributed by atoms with Gasteiger partial charge >= 0.3 is 5.97 Å². The second-order valence-electron chi connectivity index (χ2n) is 6.09. The first-order valence-electron chi connectivity index (χ1n) is 8.11. The summed E-state index contributed by atoms with van der Waals surface area (Å²) in [6.07, 6.45) is 0.446. The Balaban J connectivity index is 1.74. The van der Waals surface area contributed by atoms with E-state index >= 15 is 0 Å². The molecule has 0 saturated carbocycles. The molecule has 0 unspecified atom stereocenters. The quantitative estimate of drug-likeness (QED) is 0.852. The lowest BCUT2D eigenvalue weighted by Crippen LogP contribution is -2.49. The molecule has 1 aliphatic heterocycles. The van der Waals surface area contributed by atoms with Crippen LogP contribution in [0.1, 0.15) is 11.1 Å². The number of halogens is 2. The lowest BCUT2D eigenvalue weighted by Gasteiger charge is -2.34. The topological polar surface area (TPSA) is 58.6 Å². The largest absolute Gasteiger partial charge is 0.468 e. The fraction of sp³-hybridized carbons (Fsp3) is 0.263. The van der Waals surface area contributed by atoms with Crippen LogP contribution in [-0.2, 0) is 27.3 Å². The first-order chi connectivity index (χ1) is 12.5. The van der Waals surface area contributed by atoms with Crippen LogP contribution < -0.4 is 5.32 Å². The zero-order chi connectivity index (χ0) is 18.7. The molecule has 1 N–H and O–H groups in total. The second kappa shape index (κ2) is 7.61. The normalized spacial score (nSPS) is 16.7. The number of methoxy groups -OCH3 is 1. The number of hydrogen-bond donors (Lipinski definition) is 1. The maximum atomic E-state index is 13.3. The van der Waals surface area contributed by atoms with Gasteiger partial charge in [-0.3, -0.25) is 14.5 Å². The molecule has 0 radical (unpaired) electrons. The molecule has 0 aliphatic carbocycles. The Morgan fingerprint density at radius 3 is 2.58 bits per heavy atom. The molecular formula is C19H18F2N2O3. The van der Waals surface area contributed by atoms with Gasteiger partial charge < -0.3 is 10.1 Å². The molecule has 3 rings (SSSR count). The van der Waals surface area contributed by atoms with Crippen molar-refractivity contribution in [1.29, 1.82) is 0 Å². The molecule has 2 aromatic rings. The molecule has 7 heteroatoms. The summed E-state index contributed by atoms with van der Waals surface area (Å²) in [6, 6.07) is 10.3. The summed E-state index contributed by atoms with van der Waals surface area (Å²) < 4.78 is 31.1. The fourth-order valence-electron chi connectivity index (χ4n) is 3.07. The van der Waals surface area contributed by atoms with Gasteiger partial charge in [-0.1, -0.05) is 24.3 Å². The van der Waals surface area contributed by atoms with Gasteiger partial charge in [-0.2, -0.15) is 0 Å². The molecule has 136 valence electrons. The monoisotopic (exact) mass is 360 g/mol. The van der Waals surface area contributed by atoms with E-state index in [1.165, 1.54) is 13.2 Å². The number of anilines is 1. The van der Waals surface area contributed by atoms with Crippen LogP contribution in [0.4, 0.5) is 14.5 Å². The zero-order valence-corrected chi connectivity index (χ0v) is 14.2. The van der Waals surface area contributed by atoms with Crippen LogP contribution in [-0.4, -0.2) is 36.5 Å². The van der Waals surface area contributed by atoms with Crippen molar-refractivity contribution in [2.45, 2.75) is 19.0 Å². The fourth-order valence-corrected chi connectivity index (χ4v) is 3.07. The van der Waals surface area contributed by atoms with E-state index in [0.29, 0.717) is 13.0 Å². The number of carbonyl (C=O) groups is 2. The molecule has 5 nitrogen and oxygen atoms in total. The van der Waals surface area contributed by atoms with E-state index in [1.54, 1.807) is 4.90 Å². The summed E-state index contributed by atoms with van der Waals surface area (Å²) in [6.45, 7) is 0.342. The predicted octanol–water partition coefficient (Wildman–Crippen LogP) is 2.50. The van der Waals surface area contributed by atoms with E-state index in [1.807, 2.05) is 24.3 Å². The number of esters is 1. The van der Waals surface area contributed by atoms with Gasteiger partial charge in [0.2, 0.25) is 5.91 Å². The molecule has 1 heterocycles. The molecule has 0 saturated heterocycles. The lowest BCUT2D eigenvalue weighted by molar-refractivity contribution is -0.148. The number of amides is 1. The predicted molar refractivity (Wildman–Crippen MR) is 91.3 cm³/mol. The van der Waals surface area contributed by atoms with Crippen molar-refractivity contribution in [2.24, 2.45) is 0 Å². The number of ether oxygens (including phenoxy) is 1. The number of rotatable bonds is 4. The van der Waals surface area contributed by atoms with E-state index in [9.17, 15) is 18.4 Å². The van der Waals surface area contributed by atoms with Gasteiger partial charge in [0.1, 0.15) is 6.04 Å². The summed E-state index contributed by atoms with van der Waals surface area (Å²) in [5, 5.41) is 2.52. The van der Waals surface area contributed by atoms with Gasteiger partial charge in [0.15, 0.2) is 11.6 Å². The van der Waals surface area contributed by atoms with Gasteiger partial charge in [-0.25, -0.2) is 8.78 Å². The lowest BCUT2D eigenvalue weighted by atomic mass is 9.94. The van der Waals surface area contributed by atoms with Crippen molar-refractivity contribution in [3.63, 3.8) is 0 Å². The molecule has 1 aliphatic rings. The number of benzene rings is 2. The van der Waals surface area contributed by atoms with Crippen LogP contribution >= 0.6 is 0 Å². The highest BCUT2D eigenvalue weighted by molar-refractivity contribution is 5.92. The highest BCUT2D eigenvalue weighted by atomic mass is 19.2. The van der Waals surface area contributed by atoms with Crippen molar-refractivity contribution in [2.75, 3.05) is 19.0 Å². The smallest absolute Gasteiger partial charge is 0.323 e. The second-order valence-corrected chi connectivity index (χ2v) is 6.09. The highest BCUT2D eigenvalue weighted by Gasteiger charge is 2.33. The number of nitrogens with one attached hydrogen (secondary N) is 1. The van der Waals surface area contributed by atoms with Gasteiger partial charge in [0.25, 0.3) is 0 Å². The summed E-state index contributed by atoms with van der Waals surface area (Å²) in [7, 11) is 1.31. The van der Waals surface area contributed by atoms with Crippen LogP contribution in [0, 0.1) is 11.6 Å². The van der Waals surface area contributed by atoms with Crippen molar-refractivity contribution in [3.05, 3.63) is 65.2 Å². The number of fused-ring (bicyclic) bond motifs is 1. The van der Waals surface area contributed by atoms with Crippen molar-refractivity contribution in [1.82, 2.24) is 4.90 Å². The summed E-state index contributed by atoms with van der Waals surface area (Å²) >= 11 is 0. The maximum Gasteiger partial charge on any atom is 0.323 e. The average molecular weight is 360 g/mol. The summed E-state index contributed by atoms with van der Waals surface area (Å²) in [4.78, 5) is 26.2. The minimum Gasteiger partial charge on any atom is -0.468 e. The minimum atomic E-state index is -1.04. The molecule has 2 aromatic carbocycles. The average Bonchev–Trinajstić information content (AvgIpc) is 2.63. The molecule has 0 bridgehead atoms. The third-order valence-corrected chi connectivity index (χ3v) is 4.37. The molecule has 0 aromatic heterocycles. The van der Waals surface area contributed by atoms with Crippen LogP contribution in [0.25, 0.3) is 0 Å². The Morgan fingerprint density at radius 1 is 1.15 bits per heavy atom. The first kappa shape index (κ1) is 18.0. The Kier molecular flexibility index (Phi) is 5.27. The van der Waals surface area contributed by atoms with Crippen LogP contribution in [0.15, 0.2) is 42.5 Å². The van der Waals surface area contributed by atoms with E-state index in [-0.39, 0.29) is 12.2 Å². The molecule has 0 fully saturated rings. The summed E-state index contributed by atoms with van der Waals surface area (Å²) in [5.74, 6) is -2.87. The molecule has 1 amide bonds. The highest BCUT2D eigenvalue weighted by Crippen LogP contribution is 2.24. The number of carbonyl (C=O) groups excluding carboxylic acids is 2. The molecule has 0 spiro atoms.